The first-order valence-corrected chi connectivity index (χ1v) is 17.4. The lowest BCUT2D eigenvalue weighted by molar-refractivity contribution is 0.0659. The number of benzene rings is 4. The van der Waals surface area contributed by atoms with E-state index < -0.39 is 0 Å². The fourth-order valence-electron chi connectivity index (χ4n) is 7.46. The Morgan fingerprint density at radius 2 is 1.31 bits per heavy atom. The molecule has 0 aromatic heterocycles. The van der Waals surface area contributed by atoms with Gasteiger partial charge in [0.1, 0.15) is 13.2 Å². The maximum Gasteiger partial charge on any atom is 0.257 e. The SMILES string of the molecule is COc1cc2c(cc1OCCNCCOc1cc3c(cc1OC)C(=O)N1Cc4ccccc4CC1CN3)N=C[C@@H]1Cc3ccccc3CN1C2=O. The maximum atomic E-state index is 13.7. The van der Waals surface area contributed by atoms with E-state index in [1.165, 1.54) is 16.7 Å². The molecule has 51 heavy (non-hydrogen) atoms. The third-order valence-electron chi connectivity index (χ3n) is 10.2. The largest absolute Gasteiger partial charge is 0.493 e. The van der Waals surface area contributed by atoms with E-state index in [1.54, 1.807) is 32.4 Å². The number of rotatable bonds is 10. The highest BCUT2D eigenvalue weighted by atomic mass is 16.5. The second kappa shape index (κ2) is 14.0. The topological polar surface area (TPSA) is 114 Å². The zero-order valence-electron chi connectivity index (χ0n) is 28.8. The van der Waals surface area contributed by atoms with Gasteiger partial charge in [0.05, 0.1) is 48.8 Å². The summed E-state index contributed by atoms with van der Waals surface area (Å²) in [5, 5.41) is 6.84. The molecule has 1 unspecified atom stereocenters. The Hall–Kier alpha value is -5.55. The van der Waals surface area contributed by atoms with Gasteiger partial charge in [-0.25, -0.2) is 0 Å². The van der Waals surface area contributed by atoms with Crippen molar-refractivity contribution in [3.8, 4) is 23.0 Å². The number of carbonyl (C=O) groups excluding carboxylic acids is 2. The van der Waals surface area contributed by atoms with E-state index in [1.807, 2.05) is 40.3 Å². The minimum Gasteiger partial charge on any atom is -0.493 e. The van der Waals surface area contributed by atoms with Crippen molar-refractivity contribution in [2.24, 2.45) is 4.99 Å². The fourth-order valence-corrected chi connectivity index (χ4v) is 7.46. The van der Waals surface area contributed by atoms with Crippen LogP contribution in [0.25, 0.3) is 0 Å². The third kappa shape index (κ3) is 6.33. The molecular weight excluding hydrogens is 646 g/mol. The number of nitrogens with zero attached hydrogens (tertiary/aromatic N) is 3. The molecule has 4 aromatic carbocycles. The minimum atomic E-state index is -0.105. The van der Waals surface area contributed by atoms with Crippen molar-refractivity contribution in [3.05, 3.63) is 106 Å². The molecule has 0 spiro atoms. The van der Waals surface area contributed by atoms with Crippen molar-refractivity contribution in [1.82, 2.24) is 15.1 Å². The van der Waals surface area contributed by atoms with Gasteiger partial charge in [-0.1, -0.05) is 48.5 Å². The molecule has 2 atom stereocenters. The average Bonchev–Trinajstić information content (AvgIpc) is 3.38. The molecule has 8 rings (SSSR count). The molecule has 0 saturated carbocycles. The van der Waals surface area contributed by atoms with E-state index in [0.717, 1.165) is 24.1 Å². The van der Waals surface area contributed by atoms with Gasteiger partial charge >= 0.3 is 0 Å². The highest BCUT2D eigenvalue weighted by Gasteiger charge is 2.35. The van der Waals surface area contributed by atoms with Gasteiger partial charge in [0.2, 0.25) is 0 Å². The predicted octanol–water partition coefficient (Wildman–Crippen LogP) is 5.03. The van der Waals surface area contributed by atoms with E-state index in [2.05, 4.69) is 41.0 Å². The van der Waals surface area contributed by atoms with E-state index in [0.29, 0.717) is 85.7 Å². The number of nitrogens with one attached hydrogen (secondary N) is 2. The van der Waals surface area contributed by atoms with Crippen LogP contribution >= 0.6 is 0 Å². The highest BCUT2D eigenvalue weighted by Crippen LogP contribution is 2.39. The standard InChI is InChI=1S/C40H41N5O6/c1-48-35-17-31-33(42-21-29-15-25-7-3-5-9-27(25)23-44(29)39(31)46)19-37(35)50-13-11-41-12-14-51-38-20-34-32(18-36(38)49-2)40(47)45-24-28-10-6-4-8-26(28)16-30(45)22-43-34/h3-10,17-21,29-30,41,43H,11-16,22-24H2,1-2H3/t29-,30?/m0/s1. The summed E-state index contributed by atoms with van der Waals surface area (Å²) in [5.41, 5.74) is 7.31. The number of anilines is 1. The smallest absolute Gasteiger partial charge is 0.257 e. The molecule has 0 bridgehead atoms. The van der Waals surface area contributed by atoms with Crippen molar-refractivity contribution in [2.75, 3.05) is 52.4 Å². The van der Waals surface area contributed by atoms with E-state index >= 15 is 0 Å². The molecule has 0 fully saturated rings. The Labute approximate surface area is 297 Å². The Morgan fingerprint density at radius 3 is 2.00 bits per heavy atom. The van der Waals surface area contributed by atoms with Crippen molar-refractivity contribution in [1.29, 1.82) is 0 Å². The molecule has 4 aromatic rings. The van der Waals surface area contributed by atoms with Crippen molar-refractivity contribution >= 4 is 29.4 Å². The molecule has 4 heterocycles. The predicted molar refractivity (Wildman–Crippen MR) is 194 cm³/mol. The highest BCUT2D eigenvalue weighted by molar-refractivity contribution is 6.04. The molecule has 4 aliphatic rings. The molecular formula is C40H41N5O6. The summed E-state index contributed by atoms with van der Waals surface area (Å²) in [6.07, 6.45) is 3.42. The first-order valence-electron chi connectivity index (χ1n) is 17.4. The normalized spacial score (nSPS) is 18.5. The number of carbonyl (C=O) groups is 2. The summed E-state index contributed by atoms with van der Waals surface area (Å²) in [5.74, 6) is 2.03. The monoisotopic (exact) mass is 687 g/mol. The molecule has 4 aliphatic heterocycles. The quantitative estimate of drug-likeness (QED) is 0.224. The lowest BCUT2D eigenvalue weighted by atomic mass is 9.94. The van der Waals surface area contributed by atoms with Gasteiger partial charge in [-0.3, -0.25) is 14.6 Å². The molecule has 262 valence electrons. The Kier molecular flexibility index (Phi) is 8.95. The van der Waals surface area contributed by atoms with Crippen LogP contribution in [0.5, 0.6) is 23.0 Å². The van der Waals surface area contributed by atoms with Crippen molar-refractivity contribution < 1.29 is 28.5 Å². The first-order chi connectivity index (χ1) is 25.0. The molecule has 2 amide bonds. The van der Waals surface area contributed by atoms with Crippen molar-refractivity contribution in [3.63, 3.8) is 0 Å². The summed E-state index contributed by atoms with van der Waals surface area (Å²) in [4.78, 5) is 35.9. The van der Waals surface area contributed by atoms with Gasteiger partial charge in [0.25, 0.3) is 11.8 Å². The number of methoxy groups -OCH3 is 2. The minimum absolute atomic E-state index is 0.00713. The van der Waals surface area contributed by atoms with Gasteiger partial charge in [-0.05, 0) is 47.2 Å². The van der Waals surface area contributed by atoms with E-state index in [-0.39, 0.29) is 23.9 Å². The summed E-state index contributed by atoms with van der Waals surface area (Å²) < 4.78 is 23.5. The van der Waals surface area contributed by atoms with Crippen LogP contribution in [0.2, 0.25) is 0 Å². The second-order valence-electron chi connectivity index (χ2n) is 13.2. The Balaban J connectivity index is 0.856. The first kappa shape index (κ1) is 32.6. The fraction of sp³-hybridized carbons (Fsp3) is 0.325. The van der Waals surface area contributed by atoms with Crippen LogP contribution in [-0.4, -0.2) is 87.0 Å². The Bertz CT molecular complexity index is 2010. The van der Waals surface area contributed by atoms with Gasteiger partial charge < -0.3 is 39.4 Å². The molecule has 0 radical (unpaired) electrons. The number of amides is 2. The number of aliphatic imine (C=N–C) groups is 1. The van der Waals surface area contributed by atoms with Gasteiger partial charge in [-0.15, -0.1) is 0 Å². The van der Waals surface area contributed by atoms with Gasteiger partial charge in [0.15, 0.2) is 23.0 Å². The Morgan fingerprint density at radius 1 is 0.725 bits per heavy atom. The van der Waals surface area contributed by atoms with Crippen molar-refractivity contribution in [2.45, 2.75) is 38.0 Å². The molecule has 0 saturated heterocycles. The van der Waals surface area contributed by atoms with Crippen LogP contribution in [0.15, 0.2) is 77.8 Å². The van der Waals surface area contributed by atoms with Crippen LogP contribution in [0.1, 0.15) is 43.0 Å². The number of hydrogen-bond donors (Lipinski definition) is 2. The number of fused-ring (bicyclic) bond motifs is 6. The second-order valence-corrected chi connectivity index (χ2v) is 13.2. The van der Waals surface area contributed by atoms with Crippen LogP contribution in [0.3, 0.4) is 0 Å². The summed E-state index contributed by atoms with van der Waals surface area (Å²) in [7, 11) is 3.15. The maximum absolute atomic E-state index is 13.7. The lowest BCUT2D eigenvalue weighted by Gasteiger charge is -2.35. The molecule has 11 heteroatoms. The molecule has 0 aliphatic carbocycles. The van der Waals surface area contributed by atoms with Crippen LogP contribution in [0.4, 0.5) is 11.4 Å². The van der Waals surface area contributed by atoms with Crippen LogP contribution in [-0.2, 0) is 25.9 Å². The zero-order valence-corrected chi connectivity index (χ0v) is 28.8. The zero-order chi connectivity index (χ0) is 34.9. The molecule has 11 nitrogen and oxygen atoms in total. The van der Waals surface area contributed by atoms with Crippen LogP contribution < -0.4 is 29.6 Å². The average molecular weight is 688 g/mol. The lowest BCUT2D eigenvalue weighted by Crippen LogP contribution is -2.45. The van der Waals surface area contributed by atoms with E-state index in [9.17, 15) is 9.59 Å². The molecule has 2 N–H and O–H groups in total. The van der Waals surface area contributed by atoms with E-state index in [4.69, 9.17) is 23.9 Å². The van der Waals surface area contributed by atoms with Gasteiger partial charge in [-0.2, -0.15) is 0 Å². The summed E-state index contributed by atoms with van der Waals surface area (Å²) in [6, 6.07) is 23.7. The van der Waals surface area contributed by atoms with Gasteiger partial charge in [0, 0.05) is 51.1 Å². The number of hydrogen-bond acceptors (Lipinski definition) is 9. The summed E-state index contributed by atoms with van der Waals surface area (Å²) in [6.45, 7) is 3.66. The summed E-state index contributed by atoms with van der Waals surface area (Å²) >= 11 is 0. The number of ether oxygens (including phenoxy) is 4. The van der Waals surface area contributed by atoms with Crippen LogP contribution in [0, 0.1) is 0 Å². The third-order valence-corrected chi connectivity index (χ3v) is 10.2.